The van der Waals surface area contributed by atoms with Crippen LogP contribution in [0.25, 0.3) is 10.9 Å². The number of carbonyl (C=O) groups is 1. The van der Waals surface area contributed by atoms with Crippen molar-refractivity contribution in [1.82, 2.24) is 4.57 Å². The van der Waals surface area contributed by atoms with Gasteiger partial charge < -0.3 is 14.4 Å². The van der Waals surface area contributed by atoms with E-state index in [1.54, 1.807) is 13.8 Å². The lowest BCUT2D eigenvalue weighted by atomic mass is 10.1. The number of fused-ring (bicyclic) bond motifs is 1. The number of halogens is 3. The number of hydrogen-bond donors (Lipinski definition) is 1. The molecule has 0 radical (unpaired) electrons. The van der Waals surface area contributed by atoms with Gasteiger partial charge in [0.05, 0.1) is 5.52 Å². The third-order valence-corrected chi connectivity index (χ3v) is 3.36. The lowest BCUT2D eigenvalue weighted by molar-refractivity contribution is -0.274. The molecule has 0 unspecified atom stereocenters. The molecule has 0 saturated heterocycles. The first-order valence-corrected chi connectivity index (χ1v) is 6.71. The van der Waals surface area contributed by atoms with E-state index < -0.39 is 23.5 Å². The quantitative estimate of drug-likeness (QED) is 0.936. The average molecular weight is 329 g/mol. The fourth-order valence-electron chi connectivity index (χ4n) is 2.51. The second-order valence-electron chi connectivity index (χ2n) is 5.30. The van der Waals surface area contributed by atoms with E-state index in [9.17, 15) is 27.9 Å². The number of aromatic carboxylic acids is 1. The fourth-order valence-corrected chi connectivity index (χ4v) is 2.51. The molecule has 0 saturated carbocycles. The predicted molar refractivity (Wildman–Crippen MR) is 77.0 cm³/mol. The Morgan fingerprint density at radius 3 is 2.39 bits per heavy atom. The highest BCUT2D eigenvalue weighted by Gasteiger charge is 2.31. The van der Waals surface area contributed by atoms with Gasteiger partial charge in [0.25, 0.3) is 0 Å². The Morgan fingerprint density at radius 1 is 1.30 bits per heavy atom. The van der Waals surface area contributed by atoms with Crippen molar-refractivity contribution in [2.45, 2.75) is 33.2 Å². The number of ether oxygens (including phenoxy) is 1. The Balaban J connectivity index is 2.85. The van der Waals surface area contributed by atoms with Gasteiger partial charge in [-0.3, -0.25) is 4.79 Å². The van der Waals surface area contributed by atoms with Crippen molar-refractivity contribution in [1.29, 1.82) is 0 Å². The van der Waals surface area contributed by atoms with E-state index in [-0.39, 0.29) is 28.2 Å². The van der Waals surface area contributed by atoms with Crippen LogP contribution in [-0.2, 0) is 0 Å². The Kier molecular flexibility index (Phi) is 4.10. The monoisotopic (exact) mass is 329 g/mol. The largest absolute Gasteiger partial charge is 0.573 e. The van der Waals surface area contributed by atoms with E-state index in [1.807, 2.05) is 0 Å². The molecule has 0 spiro atoms. The van der Waals surface area contributed by atoms with Crippen LogP contribution in [0.3, 0.4) is 0 Å². The minimum Gasteiger partial charge on any atom is -0.477 e. The van der Waals surface area contributed by atoms with Gasteiger partial charge in [-0.05, 0) is 39.0 Å². The van der Waals surface area contributed by atoms with Crippen LogP contribution in [0, 0.1) is 6.92 Å². The maximum Gasteiger partial charge on any atom is 0.573 e. The lowest BCUT2D eigenvalue weighted by Gasteiger charge is -2.20. The van der Waals surface area contributed by atoms with Crippen LogP contribution in [0.5, 0.6) is 5.75 Å². The smallest absolute Gasteiger partial charge is 0.477 e. The van der Waals surface area contributed by atoms with E-state index in [1.165, 1.54) is 17.6 Å². The first-order valence-electron chi connectivity index (χ1n) is 6.71. The molecular weight excluding hydrogens is 315 g/mol. The number of carboxylic acid groups (broad SMARTS) is 1. The zero-order chi connectivity index (χ0) is 17.5. The molecule has 1 heterocycles. The molecule has 0 bridgehead atoms. The third-order valence-electron chi connectivity index (χ3n) is 3.36. The van der Waals surface area contributed by atoms with Crippen molar-refractivity contribution < 1.29 is 27.8 Å². The minimum atomic E-state index is -4.87. The molecule has 124 valence electrons. The van der Waals surface area contributed by atoms with Gasteiger partial charge in [0.1, 0.15) is 11.4 Å². The molecule has 2 rings (SSSR count). The molecule has 0 fully saturated rings. The molecule has 1 N–H and O–H groups in total. The lowest BCUT2D eigenvalue weighted by Crippen LogP contribution is -2.23. The summed E-state index contributed by atoms with van der Waals surface area (Å²) in [7, 11) is 0. The van der Waals surface area contributed by atoms with Gasteiger partial charge in [-0.25, -0.2) is 4.79 Å². The Hall–Kier alpha value is -2.51. The van der Waals surface area contributed by atoms with Gasteiger partial charge >= 0.3 is 12.3 Å². The molecule has 0 aliphatic rings. The normalized spacial score (nSPS) is 12.0. The summed E-state index contributed by atoms with van der Waals surface area (Å²) in [5.74, 6) is -1.80. The topological polar surface area (TPSA) is 68.5 Å². The molecule has 8 heteroatoms. The van der Waals surface area contributed by atoms with Gasteiger partial charge in [-0.15, -0.1) is 13.2 Å². The van der Waals surface area contributed by atoms with Crippen LogP contribution in [0.4, 0.5) is 13.2 Å². The van der Waals surface area contributed by atoms with E-state index in [2.05, 4.69) is 4.74 Å². The molecule has 2 aromatic rings. The molecule has 5 nitrogen and oxygen atoms in total. The number of nitrogens with zero attached hydrogens (tertiary/aromatic N) is 1. The van der Waals surface area contributed by atoms with Crippen molar-refractivity contribution in [2.75, 3.05) is 0 Å². The molecule has 1 aromatic heterocycles. The van der Waals surface area contributed by atoms with Gasteiger partial charge in [0, 0.05) is 17.0 Å². The number of hydrogen-bond acceptors (Lipinski definition) is 3. The summed E-state index contributed by atoms with van der Waals surface area (Å²) in [6.07, 6.45) is -4.87. The van der Waals surface area contributed by atoms with Gasteiger partial charge in [0.15, 0.2) is 5.43 Å². The van der Waals surface area contributed by atoms with E-state index in [0.717, 1.165) is 12.1 Å². The molecule has 0 atom stereocenters. The Labute approximate surface area is 128 Å². The molecule has 1 aromatic carbocycles. The molecule has 23 heavy (non-hydrogen) atoms. The number of rotatable bonds is 3. The van der Waals surface area contributed by atoms with Crippen molar-refractivity contribution in [3.05, 3.63) is 39.7 Å². The van der Waals surface area contributed by atoms with Crippen LogP contribution in [0.2, 0.25) is 0 Å². The number of aromatic nitrogens is 1. The Morgan fingerprint density at radius 2 is 1.91 bits per heavy atom. The Bertz CT molecular complexity index is 837. The van der Waals surface area contributed by atoms with Crippen LogP contribution >= 0.6 is 0 Å². The second kappa shape index (κ2) is 5.60. The van der Waals surface area contributed by atoms with Crippen molar-refractivity contribution in [3.63, 3.8) is 0 Å². The summed E-state index contributed by atoms with van der Waals surface area (Å²) in [4.78, 5) is 23.8. The molecular formula is C15H14F3NO4. The van der Waals surface area contributed by atoms with Crippen molar-refractivity contribution >= 4 is 16.9 Å². The number of benzene rings is 1. The van der Waals surface area contributed by atoms with E-state index in [0.29, 0.717) is 0 Å². The van der Waals surface area contributed by atoms with Crippen molar-refractivity contribution in [2.24, 2.45) is 0 Å². The number of alkyl halides is 3. The summed E-state index contributed by atoms with van der Waals surface area (Å²) >= 11 is 0. The predicted octanol–water partition coefficient (Wildman–Crippen LogP) is 3.49. The van der Waals surface area contributed by atoms with Crippen LogP contribution in [0.1, 0.15) is 35.9 Å². The maximum absolute atomic E-state index is 12.3. The molecule has 0 aliphatic heterocycles. The van der Waals surface area contributed by atoms with Crippen LogP contribution < -0.4 is 10.2 Å². The highest BCUT2D eigenvalue weighted by atomic mass is 19.4. The summed E-state index contributed by atoms with van der Waals surface area (Å²) in [5, 5.41) is 9.33. The summed E-state index contributed by atoms with van der Waals surface area (Å²) in [6.45, 7) is 4.77. The zero-order valence-electron chi connectivity index (χ0n) is 12.6. The summed E-state index contributed by atoms with van der Waals surface area (Å²) < 4.78 is 42.2. The maximum atomic E-state index is 12.3. The highest BCUT2D eigenvalue weighted by molar-refractivity contribution is 5.93. The highest BCUT2D eigenvalue weighted by Crippen LogP contribution is 2.28. The summed E-state index contributed by atoms with van der Waals surface area (Å²) in [6, 6.07) is 2.97. The number of carboxylic acids is 1. The van der Waals surface area contributed by atoms with Gasteiger partial charge in [-0.2, -0.15) is 0 Å². The zero-order valence-corrected chi connectivity index (χ0v) is 12.6. The first-order chi connectivity index (χ1) is 10.5. The second-order valence-corrected chi connectivity index (χ2v) is 5.30. The third kappa shape index (κ3) is 3.15. The van der Waals surface area contributed by atoms with Crippen LogP contribution in [-0.4, -0.2) is 22.0 Å². The SMILES string of the molecule is Cc1c(C(=O)O)n(C(C)C)c2ccc(OC(F)(F)F)cc2c1=O. The summed E-state index contributed by atoms with van der Waals surface area (Å²) in [5.41, 5.74) is -0.616. The molecule has 0 aliphatic carbocycles. The van der Waals surface area contributed by atoms with Gasteiger partial charge in [0.2, 0.25) is 0 Å². The first kappa shape index (κ1) is 16.9. The fraction of sp³-hybridized carbons (Fsp3) is 0.333. The minimum absolute atomic E-state index is 0.0250. The van der Waals surface area contributed by atoms with E-state index >= 15 is 0 Å². The number of pyridine rings is 1. The standard InChI is InChI=1S/C15H14F3NO4/c1-7(2)19-11-5-4-9(23-15(16,17)18)6-10(11)13(20)8(3)12(19)14(21)22/h4-7H,1-3H3,(H,21,22). The van der Waals surface area contributed by atoms with E-state index in [4.69, 9.17) is 0 Å². The molecule has 0 amide bonds. The van der Waals surface area contributed by atoms with Crippen molar-refractivity contribution in [3.8, 4) is 5.75 Å². The van der Waals surface area contributed by atoms with Crippen LogP contribution in [0.15, 0.2) is 23.0 Å². The average Bonchev–Trinajstić information content (AvgIpc) is 2.40. The van der Waals surface area contributed by atoms with Gasteiger partial charge in [-0.1, -0.05) is 0 Å².